The molecule has 3 rings (SSSR count). The summed E-state index contributed by atoms with van der Waals surface area (Å²) in [5.41, 5.74) is -0.463. The molecule has 1 saturated carbocycles. The van der Waals surface area contributed by atoms with Crippen LogP contribution in [0.1, 0.15) is 34.1 Å². The number of carbonyl (C=O) groups is 2. The summed E-state index contributed by atoms with van der Waals surface area (Å²) in [5, 5.41) is 0. The first-order chi connectivity index (χ1) is 7.29. The maximum Gasteiger partial charge on any atom is 0.410 e. The van der Waals surface area contributed by atoms with Crippen LogP contribution < -0.4 is 0 Å². The van der Waals surface area contributed by atoms with Gasteiger partial charge in [-0.25, -0.2) is 4.79 Å². The molecule has 1 aliphatic carbocycles. The van der Waals surface area contributed by atoms with E-state index in [9.17, 15) is 9.59 Å². The molecule has 0 radical (unpaired) electrons. The van der Waals surface area contributed by atoms with Crippen LogP contribution in [0.3, 0.4) is 0 Å². The van der Waals surface area contributed by atoms with E-state index in [1.165, 1.54) is 0 Å². The van der Waals surface area contributed by atoms with E-state index in [0.29, 0.717) is 12.5 Å². The number of ether oxygens (including phenoxy) is 1. The summed E-state index contributed by atoms with van der Waals surface area (Å²) in [6.07, 6.45) is 0.687. The third kappa shape index (κ3) is 1.81. The number of ketones is 1. The smallest absolute Gasteiger partial charge is 0.410 e. The number of carbonyl (C=O) groups excluding carboxylic acids is 2. The first-order valence-corrected chi connectivity index (χ1v) is 5.79. The topological polar surface area (TPSA) is 46.6 Å². The van der Waals surface area contributed by atoms with Crippen LogP contribution >= 0.6 is 0 Å². The van der Waals surface area contributed by atoms with Gasteiger partial charge in [0, 0.05) is 18.5 Å². The van der Waals surface area contributed by atoms with Crippen LogP contribution in [-0.2, 0) is 9.53 Å². The Morgan fingerprint density at radius 2 is 1.94 bits per heavy atom. The highest BCUT2D eigenvalue weighted by molar-refractivity contribution is 5.83. The molecule has 0 N–H and O–H groups in total. The first kappa shape index (κ1) is 11.4. The maximum absolute atomic E-state index is 11.9. The van der Waals surface area contributed by atoms with Crippen LogP contribution in [0.2, 0.25) is 0 Å². The highest BCUT2D eigenvalue weighted by Gasteiger charge is 2.56. The minimum absolute atomic E-state index is 0.0625. The van der Waals surface area contributed by atoms with Crippen LogP contribution in [0.25, 0.3) is 0 Å². The molecular weight excluding hydrogens is 206 g/mol. The van der Waals surface area contributed by atoms with E-state index in [2.05, 4.69) is 0 Å². The zero-order valence-corrected chi connectivity index (χ0v) is 10.3. The Balaban J connectivity index is 1.99. The summed E-state index contributed by atoms with van der Waals surface area (Å²) >= 11 is 0. The largest absolute Gasteiger partial charge is 0.444 e. The third-order valence-electron chi connectivity index (χ3n) is 3.40. The minimum atomic E-state index is -0.463. The predicted octanol–water partition coefficient (Wildman–Crippen LogP) is 1.83. The van der Waals surface area contributed by atoms with Gasteiger partial charge >= 0.3 is 6.09 Å². The average Bonchev–Trinajstić information content (AvgIpc) is 2.53. The normalized spacial score (nSPS) is 32.2. The van der Waals surface area contributed by atoms with Crippen molar-refractivity contribution in [2.24, 2.45) is 11.8 Å². The van der Waals surface area contributed by atoms with Crippen molar-refractivity contribution in [1.82, 2.24) is 4.90 Å². The monoisotopic (exact) mass is 225 g/mol. The standard InChI is InChI=1S/C12H19NO3/c1-7(14)10-8-5-9(10)13(6-8)11(15)16-12(2,3)4/h8-10H,5-6H2,1-4H3/t8-,9+,10-/m0/s1. The fourth-order valence-corrected chi connectivity index (χ4v) is 2.75. The number of nitrogens with zero attached hydrogens (tertiary/aromatic N) is 1. The van der Waals surface area contributed by atoms with Gasteiger partial charge in [-0.2, -0.15) is 0 Å². The molecule has 0 unspecified atom stereocenters. The molecule has 3 fully saturated rings. The Hall–Kier alpha value is -1.06. The van der Waals surface area contributed by atoms with Crippen molar-refractivity contribution in [3.05, 3.63) is 0 Å². The van der Waals surface area contributed by atoms with Crippen LogP contribution in [0.5, 0.6) is 0 Å². The lowest BCUT2D eigenvalue weighted by molar-refractivity contribution is -0.125. The Labute approximate surface area is 95.9 Å². The van der Waals surface area contributed by atoms with Crippen molar-refractivity contribution in [2.45, 2.75) is 45.8 Å². The van der Waals surface area contributed by atoms with Gasteiger partial charge in [0.2, 0.25) is 0 Å². The lowest BCUT2D eigenvalue weighted by Crippen LogP contribution is -2.45. The van der Waals surface area contributed by atoms with Gasteiger partial charge in [-0.05, 0) is 40.0 Å². The van der Waals surface area contributed by atoms with Gasteiger partial charge in [-0.1, -0.05) is 0 Å². The zero-order valence-electron chi connectivity index (χ0n) is 10.3. The van der Waals surface area contributed by atoms with Gasteiger partial charge in [-0.3, -0.25) is 4.79 Å². The number of rotatable bonds is 1. The van der Waals surface area contributed by atoms with E-state index in [0.717, 1.165) is 6.42 Å². The molecule has 90 valence electrons. The van der Waals surface area contributed by atoms with Crippen LogP contribution in [0.4, 0.5) is 4.79 Å². The second-order valence-corrected chi connectivity index (χ2v) is 5.83. The van der Waals surface area contributed by atoms with Gasteiger partial charge in [0.05, 0.1) is 0 Å². The lowest BCUT2D eigenvalue weighted by Gasteiger charge is -2.34. The summed E-state index contributed by atoms with van der Waals surface area (Å²) in [6.45, 7) is 7.86. The molecule has 3 atom stereocenters. The maximum atomic E-state index is 11.9. The van der Waals surface area contributed by atoms with E-state index in [1.54, 1.807) is 11.8 Å². The van der Waals surface area contributed by atoms with E-state index < -0.39 is 5.60 Å². The molecule has 0 aromatic heterocycles. The van der Waals surface area contributed by atoms with Crippen molar-refractivity contribution in [1.29, 1.82) is 0 Å². The van der Waals surface area contributed by atoms with Crippen molar-refractivity contribution in [2.75, 3.05) is 6.54 Å². The highest BCUT2D eigenvalue weighted by atomic mass is 16.6. The van der Waals surface area contributed by atoms with E-state index >= 15 is 0 Å². The third-order valence-corrected chi connectivity index (χ3v) is 3.40. The molecule has 2 aliphatic heterocycles. The number of hydrogen-bond donors (Lipinski definition) is 0. The van der Waals surface area contributed by atoms with Crippen molar-refractivity contribution < 1.29 is 14.3 Å². The Morgan fingerprint density at radius 1 is 1.31 bits per heavy atom. The van der Waals surface area contributed by atoms with Gasteiger partial charge in [-0.15, -0.1) is 0 Å². The van der Waals surface area contributed by atoms with Gasteiger partial charge < -0.3 is 9.64 Å². The van der Waals surface area contributed by atoms with Crippen LogP contribution in [0, 0.1) is 11.8 Å². The quantitative estimate of drug-likeness (QED) is 0.684. The fourth-order valence-electron chi connectivity index (χ4n) is 2.75. The molecule has 16 heavy (non-hydrogen) atoms. The van der Waals surface area contributed by atoms with Gasteiger partial charge in [0.15, 0.2) is 0 Å². The summed E-state index contributed by atoms with van der Waals surface area (Å²) in [6, 6.07) is 0.0948. The van der Waals surface area contributed by atoms with Crippen LogP contribution in [0.15, 0.2) is 0 Å². The van der Waals surface area contributed by atoms with Crippen molar-refractivity contribution >= 4 is 11.9 Å². The number of Topliss-reactive ketones (excluding diaryl/α,β-unsaturated/α-hetero) is 1. The molecule has 2 bridgehead atoms. The zero-order chi connectivity index (χ0) is 12.1. The SMILES string of the molecule is CC(=O)[C@H]1[C@H]2C[C@H]1N(C(=O)OC(C)(C)C)C2. The Bertz CT molecular complexity index is 332. The molecule has 4 heteroatoms. The number of amides is 1. The molecule has 0 aromatic rings. The van der Waals surface area contributed by atoms with Crippen molar-refractivity contribution in [3.63, 3.8) is 0 Å². The van der Waals surface area contributed by atoms with E-state index in [4.69, 9.17) is 4.74 Å². The summed E-state index contributed by atoms with van der Waals surface area (Å²) in [7, 11) is 0. The lowest BCUT2D eigenvalue weighted by atomic mass is 9.72. The molecule has 0 spiro atoms. The predicted molar refractivity (Wildman–Crippen MR) is 59.0 cm³/mol. The second-order valence-electron chi connectivity index (χ2n) is 5.83. The van der Waals surface area contributed by atoms with E-state index in [-0.39, 0.29) is 23.8 Å². The summed E-state index contributed by atoms with van der Waals surface area (Å²) in [5.74, 6) is 0.634. The molecule has 0 aromatic carbocycles. The fraction of sp³-hybridized carbons (Fsp3) is 0.833. The van der Waals surface area contributed by atoms with Gasteiger partial charge in [0.25, 0.3) is 0 Å². The molecule has 2 saturated heterocycles. The molecule has 4 nitrogen and oxygen atoms in total. The average molecular weight is 225 g/mol. The summed E-state index contributed by atoms with van der Waals surface area (Å²) < 4.78 is 5.32. The number of hydrogen-bond acceptors (Lipinski definition) is 3. The Kier molecular flexibility index (Phi) is 2.48. The molecule has 2 heterocycles. The first-order valence-electron chi connectivity index (χ1n) is 5.79. The van der Waals surface area contributed by atoms with Crippen LogP contribution in [-0.4, -0.2) is 35.0 Å². The molecular formula is C12H19NO3. The molecule has 1 amide bonds. The molecule has 3 aliphatic rings. The van der Waals surface area contributed by atoms with Crippen molar-refractivity contribution in [3.8, 4) is 0 Å². The minimum Gasteiger partial charge on any atom is -0.444 e. The van der Waals surface area contributed by atoms with Gasteiger partial charge in [0.1, 0.15) is 11.4 Å². The summed E-state index contributed by atoms with van der Waals surface area (Å²) in [4.78, 5) is 24.9. The van der Waals surface area contributed by atoms with E-state index in [1.807, 2.05) is 20.8 Å². The Morgan fingerprint density at radius 3 is 2.38 bits per heavy atom. The number of fused-ring (bicyclic) bond motifs is 1. The highest BCUT2D eigenvalue weighted by Crippen LogP contribution is 2.47. The second kappa shape index (κ2) is 3.47.